The highest BCUT2D eigenvalue weighted by Gasteiger charge is 2.28. The number of nitrogens with one attached hydrogen (secondary N) is 3. The van der Waals surface area contributed by atoms with Gasteiger partial charge in [-0.05, 0) is 18.4 Å². The van der Waals surface area contributed by atoms with E-state index in [1.165, 1.54) is 14.0 Å². The maximum atomic E-state index is 12.4. The van der Waals surface area contributed by atoms with Crippen LogP contribution in [0, 0.1) is 5.92 Å². The third kappa shape index (κ3) is 8.63. The van der Waals surface area contributed by atoms with E-state index in [1.54, 1.807) is 6.92 Å². The number of amides is 3. The molecule has 0 radical (unpaired) electrons. The Morgan fingerprint density at radius 3 is 2.24 bits per heavy atom. The highest BCUT2D eigenvalue weighted by molar-refractivity contribution is 5.92. The fourth-order valence-electron chi connectivity index (χ4n) is 2.33. The molecule has 0 aromatic heterocycles. The fraction of sp³-hybridized carbons (Fsp3) is 0.500. The van der Waals surface area contributed by atoms with Gasteiger partial charge in [-0.3, -0.25) is 14.4 Å². The van der Waals surface area contributed by atoms with Crippen molar-refractivity contribution in [2.45, 2.75) is 45.9 Å². The summed E-state index contributed by atoms with van der Waals surface area (Å²) in [6.45, 7) is 4.94. The Morgan fingerprint density at radius 2 is 1.66 bits per heavy atom. The van der Waals surface area contributed by atoms with Gasteiger partial charge in [0.15, 0.2) is 0 Å². The van der Waals surface area contributed by atoms with Crippen LogP contribution in [-0.2, 0) is 30.5 Å². The van der Waals surface area contributed by atoms with Crippen LogP contribution >= 0.6 is 0 Å². The molecular weight excluding hydrogens is 378 g/mol. The van der Waals surface area contributed by atoms with Crippen molar-refractivity contribution >= 4 is 23.9 Å². The molecular formula is C20H29N3O6. The number of hydrogen-bond acceptors (Lipinski definition) is 6. The van der Waals surface area contributed by atoms with E-state index in [0.29, 0.717) is 6.42 Å². The maximum Gasteiger partial charge on any atom is 0.408 e. The van der Waals surface area contributed by atoms with Crippen molar-refractivity contribution in [2.24, 2.45) is 5.92 Å². The van der Waals surface area contributed by atoms with Crippen molar-refractivity contribution in [3.8, 4) is 0 Å². The Morgan fingerprint density at radius 1 is 1.00 bits per heavy atom. The summed E-state index contributed by atoms with van der Waals surface area (Å²) < 4.78 is 9.57. The highest BCUT2D eigenvalue weighted by atomic mass is 16.5. The summed E-state index contributed by atoms with van der Waals surface area (Å²) in [6.07, 6.45) is -0.121. The molecule has 0 heterocycles. The van der Waals surface area contributed by atoms with E-state index in [9.17, 15) is 19.2 Å². The zero-order valence-electron chi connectivity index (χ0n) is 17.2. The number of esters is 1. The zero-order valence-corrected chi connectivity index (χ0v) is 17.2. The Hall–Kier alpha value is -3.10. The number of rotatable bonds is 10. The van der Waals surface area contributed by atoms with Crippen LogP contribution in [0.1, 0.15) is 32.8 Å². The lowest BCUT2D eigenvalue weighted by atomic mass is 9.98. The maximum absolute atomic E-state index is 12.4. The van der Waals surface area contributed by atoms with Gasteiger partial charge in [-0.15, -0.1) is 0 Å². The zero-order chi connectivity index (χ0) is 21.8. The predicted molar refractivity (Wildman–Crippen MR) is 106 cm³/mol. The lowest BCUT2D eigenvalue weighted by Crippen LogP contribution is -2.55. The van der Waals surface area contributed by atoms with Crippen molar-refractivity contribution in [1.29, 1.82) is 0 Å². The van der Waals surface area contributed by atoms with E-state index < -0.39 is 36.0 Å². The number of carbonyl (C=O) groups excluding carboxylic acids is 4. The van der Waals surface area contributed by atoms with Crippen molar-refractivity contribution in [1.82, 2.24) is 16.0 Å². The van der Waals surface area contributed by atoms with Gasteiger partial charge >= 0.3 is 12.1 Å². The van der Waals surface area contributed by atoms with Crippen molar-refractivity contribution in [2.75, 3.05) is 13.7 Å². The largest absolute Gasteiger partial charge is 0.468 e. The molecule has 0 saturated carbocycles. The molecule has 0 spiro atoms. The minimum absolute atomic E-state index is 0.0758. The molecule has 1 rings (SSSR count). The van der Waals surface area contributed by atoms with Gasteiger partial charge in [0.05, 0.1) is 7.11 Å². The average molecular weight is 407 g/mol. The molecule has 9 heteroatoms. The molecule has 0 bridgehead atoms. The summed E-state index contributed by atoms with van der Waals surface area (Å²) in [7, 11) is 1.21. The van der Waals surface area contributed by atoms with E-state index in [4.69, 9.17) is 4.74 Å². The number of carbonyl (C=O) groups is 4. The predicted octanol–water partition coefficient (Wildman–Crippen LogP) is 1.12. The van der Waals surface area contributed by atoms with Gasteiger partial charge in [0, 0.05) is 0 Å². The summed E-state index contributed by atoms with van der Waals surface area (Å²) in [5, 5.41) is 7.48. The molecule has 1 aromatic rings. The second-order valence-corrected chi connectivity index (χ2v) is 6.59. The van der Waals surface area contributed by atoms with Gasteiger partial charge in [-0.25, -0.2) is 4.79 Å². The molecule has 3 atom stereocenters. The second kappa shape index (κ2) is 12.4. The summed E-state index contributed by atoms with van der Waals surface area (Å²) in [5.74, 6) is -1.82. The van der Waals surface area contributed by atoms with Crippen LogP contribution in [0.15, 0.2) is 30.3 Å². The van der Waals surface area contributed by atoms with E-state index >= 15 is 0 Å². The normalized spacial score (nSPS) is 13.4. The topological polar surface area (TPSA) is 123 Å². The van der Waals surface area contributed by atoms with Crippen molar-refractivity contribution < 1.29 is 28.7 Å². The lowest BCUT2D eigenvalue weighted by molar-refractivity contribution is -0.141. The standard InChI is InChI=1S/C20H29N3O6/c1-5-13(2)17(19(26)21-11-16(24)28-4)23-18(25)14(3)22-20(27)29-12-15-9-7-6-8-10-15/h6-10,13-14,17H,5,11-12H2,1-4H3,(H,21,26)(H,22,27)(H,23,25)/t13-,14-,17-/m0/s1. The van der Waals surface area contributed by atoms with Gasteiger partial charge < -0.3 is 25.4 Å². The van der Waals surface area contributed by atoms with Crippen LogP contribution in [-0.4, -0.2) is 49.6 Å². The first kappa shape index (κ1) is 23.9. The van der Waals surface area contributed by atoms with Crippen LogP contribution in [0.2, 0.25) is 0 Å². The molecule has 1 aromatic carbocycles. The summed E-state index contributed by atoms with van der Waals surface area (Å²) in [6, 6.07) is 7.35. The van der Waals surface area contributed by atoms with Gasteiger partial charge in [0.25, 0.3) is 0 Å². The first-order valence-corrected chi connectivity index (χ1v) is 9.40. The lowest BCUT2D eigenvalue weighted by Gasteiger charge is -2.25. The third-order valence-electron chi connectivity index (χ3n) is 4.37. The van der Waals surface area contributed by atoms with Crippen LogP contribution in [0.3, 0.4) is 0 Å². The molecule has 0 unspecified atom stereocenters. The number of methoxy groups -OCH3 is 1. The molecule has 160 valence electrons. The fourth-order valence-corrected chi connectivity index (χ4v) is 2.33. The summed E-state index contributed by atoms with van der Waals surface area (Å²) in [4.78, 5) is 47.9. The molecule has 0 aliphatic heterocycles. The van der Waals surface area contributed by atoms with Gasteiger partial charge in [-0.2, -0.15) is 0 Å². The number of alkyl carbamates (subject to hydrolysis) is 1. The van der Waals surface area contributed by atoms with E-state index in [2.05, 4.69) is 20.7 Å². The smallest absolute Gasteiger partial charge is 0.408 e. The van der Waals surface area contributed by atoms with Crippen molar-refractivity contribution in [3.63, 3.8) is 0 Å². The minimum atomic E-state index is -0.918. The van der Waals surface area contributed by atoms with Gasteiger partial charge in [0.1, 0.15) is 25.2 Å². The first-order valence-electron chi connectivity index (χ1n) is 9.40. The summed E-state index contributed by atoms with van der Waals surface area (Å²) >= 11 is 0. The molecule has 3 amide bonds. The van der Waals surface area contributed by atoms with Crippen molar-refractivity contribution in [3.05, 3.63) is 35.9 Å². The Balaban J connectivity index is 2.57. The Bertz CT molecular complexity index is 695. The van der Waals surface area contributed by atoms with E-state index in [-0.39, 0.29) is 19.1 Å². The average Bonchev–Trinajstić information content (AvgIpc) is 2.73. The molecule has 0 aliphatic carbocycles. The van der Waals surface area contributed by atoms with E-state index in [0.717, 1.165) is 5.56 Å². The monoisotopic (exact) mass is 407 g/mol. The molecule has 29 heavy (non-hydrogen) atoms. The van der Waals surface area contributed by atoms with Crippen LogP contribution in [0.5, 0.6) is 0 Å². The first-order chi connectivity index (χ1) is 13.8. The minimum Gasteiger partial charge on any atom is -0.468 e. The van der Waals surface area contributed by atoms with Crippen LogP contribution < -0.4 is 16.0 Å². The quantitative estimate of drug-likeness (QED) is 0.500. The second-order valence-electron chi connectivity index (χ2n) is 6.59. The number of ether oxygens (including phenoxy) is 2. The SMILES string of the molecule is CC[C@H](C)[C@H](NC(=O)[C@H](C)NC(=O)OCc1ccccc1)C(=O)NCC(=O)OC. The molecule has 0 fully saturated rings. The highest BCUT2D eigenvalue weighted by Crippen LogP contribution is 2.08. The van der Waals surface area contributed by atoms with Gasteiger partial charge in [-0.1, -0.05) is 50.6 Å². The number of hydrogen-bond donors (Lipinski definition) is 3. The Kier molecular flexibility index (Phi) is 10.2. The summed E-state index contributed by atoms with van der Waals surface area (Å²) in [5.41, 5.74) is 0.818. The Labute approximate surface area is 170 Å². The van der Waals surface area contributed by atoms with Crippen LogP contribution in [0.4, 0.5) is 4.79 Å². The van der Waals surface area contributed by atoms with E-state index in [1.807, 2.05) is 37.3 Å². The third-order valence-corrected chi connectivity index (χ3v) is 4.37. The van der Waals surface area contributed by atoms with Crippen LogP contribution in [0.25, 0.3) is 0 Å². The molecule has 0 aliphatic rings. The molecule has 0 saturated heterocycles. The molecule has 9 nitrogen and oxygen atoms in total. The number of benzene rings is 1. The van der Waals surface area contributed by atoms with Gasteiger partial charge in [0.2, 0.25) is 11.8 Å². The molecule has 3 N–H and O–H groups in total.